The van der Waals surface area contributed by atoms with Crippen LogP contribution in [0.2, 0.25) is 0 Å². The molecule has 0 aromatic rings. The molecular formula is C8H13O. The monoisotopic (exact) mass is 125 g/mol. The first-order valence-corrected chi connectivity index (χ1v) is 3.26. The highest BCUT2D eigenvalue weighted by Gasteiger charge is 1.72. The van der Waals surface area contributed by atoms with Crippen LogP contribution in [-0.4, -0.2) is 6.61 Å². The van der Waals surface area contributed by atoms with Gasteiger partial charge >= 0.3 is 0 Å². The van der Waals surface area contributed by atoms with Crippen molar-refractivity contribution in [2.75, 3.05) is 6.61 Å². The Balaban J connectivity index is 3.04. The predicted octanol–water partition coefficient (Wildman–Crippen LogP) is 2.33. The minimum absolute atomic E-state index is 0.00629. The molecule has 9 heavy (non-hydrogen) atoms. The number of allylic oxidation sites excluding steroid dienone is 3. The fraction of sp³-hybridized carbons (Fsp3) is 0.500. The molecule has 1 radical (unpaired) electrons. The summed E-state index contributed by atoms with van der Waals surface area (Å²) in [7, 11) is 0. The molecule has 1 heteroatoms. The summed E-state index contributed by atoms with van der Waals surface area (Å²) >= 11 is 0. The standard InChI is InChI=1S/C8H13O/c1-2-3-4-5-6-7-8-9/h2-3,5-6H,4,7-8H2,1H3/b3-2+,6-5+. The van der Waals surface area contributed by atoms with E-state index in [-0.39, 0.29) is 6.61 Å². The SMILES string of the molecule is C/C=C/C/C=C/CC[O]. The van der Waals surface area contributed by atoms with Crippen molar-refractivity contribution in [3.8, 4) is 0 Å². The zero-order chi connectivity index (χ0) is 6.95. The predicted molar refractivity (Wildman–Crippen MR) is 38.7 cm³/mol. The average molecular weight is 125 g/mol. The van der Waals surface area contributed by atoms with Crippen LogP contribution < -0.4 is 0 Å². The molecule has 0 saturated heterocycles. The molecule has 0 spiro atoms. The summed E-state index contributed by atoms with van der Waals surface area (Å²) in [4.78, 5) is 0. The van der Waals surface area contributed by atoms with Crippen molar-refractivity contribution in [3.05, 3.63) is 24.3 Å². The van der Waals surface area contributed by atoms with Crippen LogP contribution in [0.1, 0.15) is 19.8 Å². The molecule has 0 unspecified atom stereocenters. The van der Waals surface area contributed by atoms with E-state index in [9.17, 15) is 5.11 Å². The summed E-state index contributed by atoms with van der Waals surface area (Å²) in [5.74, 6) is 0. The summed E-state index contributed by atoms with van der Waals surface area (Å²) in [5.41, 5.74) is 0. The Bertz CT molecular complexity index is 92.7. The van der Waals surface area contributed by atoms with E-state index in [0.717, 1.165) is 6.42 Å². The highest BCUT2D eigenvalue weighted by Crippen LogP contribution is 1.87. The van der Waals surface area contributed by atoms with E-state index in [2.05, 4.69) is 6.08 Å². The van der Waals surface area contributed by atoms with Gasteiger partial charge in [0.25, 0.3) is 0 Å². The average Bonchev–Trinajstić information content (AvgIpc) is 1.89. The van der Waals surface area contributed by atoms with E-state index >= 15 is 0 Å². The third-order valence-corrected chi connectivity index (χ3v) is 0.959. The molecule has 0 aromatic heterocycles. The molecule has 0 N–H and O–H groups in total. The van der Waals surface area contributed by atoms with Gasteiger partial charge in [-0.1, -0.05) is 24.3 Å². The van der Waals surface area contributed by atoms with Gasteiger partial charge in [-0.2, -0.15) is 0 Å². The largest absolute Gasteiger partial charge is 0.236 e. The zero-order valence-corrected chi connectivity index (χ0v) is 5.84. The Morgan fingerprint density at radius 2 is 2.00 bits per heavy atom. The van der Waals surface area contributed by atoms with Gasteiger partial charge in [0.15, 0.2) is 0 Å². The van der Waals surface area contributed by atoms with Gasteiger partial charge in [0, 0.05) is 0 Å². The van der Waals surface area contributed by atoms with Crippen LogP contribution in [-0.2, 0) is 5.11 Å². The fourth-order valence-electron chi connectivity index (χ4n) is 0.497. The normalized spacial score (nSPS) is 11.8. The van der Waals surface area contributed by atoms with Crippen LogP contribution in [0.15, 0.2) is 24.3 Å². The summed E-state index contributed by atoms with van der Waals surface area (Å²) in [6.45, 7) is 1.99. The van der Waals surface area contributed by atoms with E-state index in [4.69, 9.17) is 0 Å². The van der Waals surface area contributed by atoms with Crippen molar-refractivity contribution in [1.29, 1.82) is 0 Å². The molecule has 0 amide bonds. The van der Waals surface area contributed by atoms with Gasteiger partial charge in [-0.3, -0.25) is 0 Å². The maximum Gasteiger partial charge on any atom is 0.0856 e. The molecule has 0 aliphatic heterocycles. The molecule has 1 nitrogen and oxygen atoms in total. The Hall–Kier alpha value is -0.560. The van der Waals surface area contributed by atoms with Crippen LogP contribution >= 0.6 is 0 Å². The smallest absolute Gasteiger partial charge is 0.0856 e. The number of hydrogen-bond donors (Lipinski definition) is 0. The third-order valence-electron chi connectivity index (χ3n) is 0.959. The van der Waals surface area contributed by atoms with Crippen molar-refractivity contribution in [2.45, 2.75) is 19.8 Å². The van der Waals surface area contributed by atoms with E-state index in [1.807, 2.05) is 25.2 Å². The van der Waals surface area contributed by atoms with Crippen LogP contribution in [0, 0.1) is 0 Å². The molecule has 0 fully saturated rings. The zero-order valence-electron chi connectivity index (χ0n) is 5.84. The first-order valence-electron chi connectivity index (χ1n) is 3.26. The quantitative estimate of drug-likeness (QED) is 0.514. The molecule has 0 aliphatic carbocycles. The van der Waals surface area contributed by atoms with E-state index in [0.29, 0.717) is 6.42 Å². The molecule has 51 valence electrons. The van der Waals surface area contributed by atoms with Crippen molar-refractivity contribution < 1.29 is 5.11 Å². The second-order valence-corrected chi connectivity index (χ2v) is 1.77. The van der Waals surface area contributed by atoms with Crippen molar-refractivity contribution in [3.63, 3.8) is 0 Å². The van der Waals surface area contributed by atoms with Crippen LogP contribution in [0.25, 0.3) is 0 Å². The Labute approximate surface area is 56.7 Å². The Morgan fingerprint density at radius 3 is 2.56 bits per heavy atom. The Morgan fingerprint density at radius 1 is 1.22 bits per heavy atom. The number of hydrogen-bond acceptors (Lipinski definition) is 0. The van der Waals surface area contributed by atoms with E-state index in [1.165, 1.54) is 0 Å². The van der Waals surface area contributed by atoms with Crippen molar-refractivity contribution >= 4 is 0 Å². The van der Waals surface area contributed by atoms with Gasteiger partial charge < -0.3 is 0 Å². The highest BCUT2D eigenvalue weighted by molar-refractivity contribution is 4.90. The maximum absolute atomic E-state index is 9.89. The molecule has 0 aliphatic rings. The van der Waals surface area contributed by atoms with Crippen molar-refractivity contribution in [1.82, 2.24) is 0 Å². The lowest BCUT2D eigenvalue weighted by atomic mass is 10.3. The lowest BCUT2D eigenvalue weighted by molar-refractivity contribution is 0.199. The summed E-state index contributed by atoms with van der Waals surface area (Å²) < 4.78 is 0. The second-order valence-electron chi connectivity index (χ2n) is 1.77. The lowest BCUT2D eigenvalue weighted by Gasteiger charge is -1.80. The Kier molecular flexibility index (Phi) is 6.98. The third kappa shape index (κ3) is 7.44. The van der Waals surface area contributed by atoms with Gasteiger partial charge in [0.1, 0.15) is 0 Å². The molecule has 0 bridgehead atoms. The van der Waals surface area contributed by atoms with Crippen LogP contribution in [0.5, 0.6) is 0 Å². The molecular weight excluding hydrogens is 112 g/mol. The van der Waals surface area contributed by atoms with Gasteiger partial charge in [-0.15, -0.1) is 0 Å². The first kappa shape index (κ1) is 8.44. The molecule has 0 saturated carbocycles. The van der Waals surface area contributed by atoms with Gasteiger partial charge in [0.05, 0.1) is 6.61 Å². The van der Waals surface area contributed by atoms with Gasteiger partial charge in [0.2, 0.25) is 0 Å². The minimum Gasteiger partial charge on any atom is -0.236 e. The summed E-state index contributed by atoms with van der Waals surface area (Å²) in [6, 6.07) is 0. The van der Waals surface area contributed by atoms with Crippen LogP contribution in [0.4, 0.5) is 0 Å². The molecule has 0 rings (SSSR count). The molecule has 0 aromatic carbocycles. The van der Waals surface area contributed by atoms with E-state index in [1.54, 1.807) is 0 Å². The number of rotatable bonds is 4. The minimum atomic E-state index is 0.00629. The second kappa shape index (κ2) is 7.44. The first-order chi connectivity index (χ1) is 4.41. The maximum atomic E-state index is 9.89. The summed E-state index contributed by atoms with van der Waals surface area (Å²) in [6.07, 6.45) is 9.61. The molecule has 0 atom stereocenters. The van der Waals surface area contributed by atoms with Crippen molar-refractivity contribution in [2.24, 2.45) is 0 Å². The highest BCUT2D eigenvalue weighted by atomic mass is 16.2. The summed E-state index contributed by atoms with van der Waals surface area (Å²) in [5, 5.41) is 9.89. The fourth-order valence-corrected chi connectivity index (χ4v) is 0.497. The van der Waals surface area contributed by atoms with Crippen LogP contribution in [0.3, 0.4) is 0 Å². The van der Waals surface area contributed by atoms with E-state index < -0.39 is 0 Å². The van der Waals surface area contributed by atoms with Gasteiger partial charge in [-0.25, -0.2) is 5.11 Å². The molecule has 0 heterocycles. The van der Waals surface area contributed by atoms with Gasteiger partial charge in [-0.05, 0) is 19.8 Å². The topological polar surface area (TPSA) is 19.9 Å². The lowest BCUT2D eigenvalue weighted by Crippen LogP contribution is -1.71.